The van der Waals surface area contributed by atoms with E-state index in [0.717, 1.165) is 41.7 Å². The van der Waals surface area contributed by atoms with Crippen molar-refractivity contribution in [1.29, 1.82) is 0 Å². The van der Waals surface area contributed by atoms with Crippen molar-refractivity contribution in [3.8, 4) is 11.1 Å². The van der Waals surface area contributed by atoms with Crippen molar-refractivity contribution in [2.45, 2.75) is 12.8 Å². The molecular weight excluding hydrogens is 456 g/mol. The minimum absolute atomic E-state index is 0.0832. The molecule has 1 aliphatic rings. The topological polar surface area (TPSA) is 146 Å². The van der Waals surface area contributed by atoms with Gasteiger partial charge in [-0.15, -0.1) is 0 Å². The summed E-state index contributed by atoms with van der Waals surface area (Å²) >= 11 is 0. The SMILES string of the molecule is CS(=O)(=O)Nc1ncc(NC(=O)c2n[nH]c3ccc(-c4cncc(N5CCCC5)c4)cc23)cn1. The number of rotatable bonds is 6. The van der Waals surface area contributed by atoms with Crippen LogP contribution < -0.4 is 14.9 Å². The van der Waals surface area contributed by atoms with E-state index in [1.54, 1.807) is 0 Å². The third kappa shape index (κ3) is 4.66. The molecule has 12 heteroatoms. The van der Waals surface area contributed by atoms with Gasteiger partial charge in [0.15, 0.2) is 5.69 Å². The van der Waals surface area contributed by atoms with Crippen LogP contribution in [0.2, 0.25) is 0 Å². The lowest BCUT2D eigenvalue weighted by Crippen LogP contribution is -2.17. The molecule has 0 spiro atoms. The maximum Gasteiger partial charge on any atom is 0.276 e. The van der Waals surface area contributed by atoms with Gasteiger partial charge in [-0.25, -0.2) is 18.4 Å². The Balaban J connectivity index is 1.39. The molecule has 3 N–H and O–H groups in total. The molecule has 4 aromatic rings. The Morgan fingerprint density at radius 2 is 1.79 bits per heavy atom. The number of pyridine rings is 1. The molecule has 1 aromatic carbocycles. The van der Waals surface area contributed by atoms with Gasteiger partial charge in [0.1, 0.15) is 0 Å². The molecule has 174 valence electrons. The molecule has 34 heavy (non-hydrogen) atoms. The lowest BCUT2D eigenvalue weighted by Gasteiger charge is -2.17. The minimum atomic E-state index is -3.49. The zero-order valence-corrected chi connectivity index (χ0v) is 19.1. The standard InChI is InChI=1S/C22H22N8O3S/c1-34(32,33)29-22-24-11-16(12-25-22)26-21(31)20-18-9-14(4-5-19(18)27-28-20)15-8-17(13-23-10-15)30-6-2-3-7-30/h4-5,8-13H,2-3,6-7H2,1H3,(H,26,31)(H,27,28)(H,24,25,29). The molecule has 0 atom stereocenters. The van der Waals surface area contributed by atoms with Crippen molar-refractivity contribution >= 4 is 44.2 Å². The molecule has 3 aromatic heterocycles. The number of fused-ring (bicyclic) bond motifs is 1. The van der Waals surface area contributed by atoms with Gasteiger partial charge in [0.2, 0.25) is 16.0 Å². The number of anilines is 3. The van der Waals surface area contributed by atoms with Crippen LogP contribution in [0.1, 0.15) is 23.3 Å². The highest BCUT2D eigenvalue weighted by Crippen LogP contribution is 2.29. The van der Waals surface area contributed by atoms with Gasteiger partial charge in [0.05, 0.1) is 41.7 Å². The van der Waals surface area contributed by atoms with Gasteiger partial charge < -0.3 is 10.2 Å². The predicted octanol–water partition coefficient (Wildman–Crippen LogP) is 2.64. The second-order valence-corrected chi connectivity index (χ2v) is 9.83. The van der Waals surface area contributed by atoms with Crippen LogP contribution in [0.4, 0.5) is 17.3 Å². The van der Waals surface area contributed by atoms with Crippen LogP contribution in [-0.4, -0.2) is 58.8 Å². The molecule has 1 aliphatic heterocycles. The van der Waals surface area contributed by atoms with Crippen molar-refractivity contribution in [1.82, 2.24) is 25.1 Å². The summed E-state index contributed by atoms with van der Waals surface area (Å²) < 4.78 is 24.7. The number of benzene rings is 1. The van der Waals surface area contributed by atoms with E-state index in [9.17, 15) is 13.2 Å². The van der Waals surface area contributed by atoms with Crippen molar-refractivity contribution in [2.75, 3.05) is 34.3 Å². The molecule has 11 nitrogen and oxygen atoms in total. The number of H-pyrrole nitrogens is 1. The molecule has 1 fully saturated rings. The van der Waals surface area contributed by atoms with Crippen LogP contribution in [-0.2, 0) is 10.0 Å². The quantitative estimate of drug-likeness (QED) is 0.383. The van der Waals surface area contributed by atoms with E-state index in [0.29, 0.717) is 11.1 Å². The fourth-order valence-electron chi connectivity index (χ4n) is 3.90. The summed E-state index contributed by atoms with van der Waals surface area (Å²) in [7, 11) is -3.49. The number of carbonyl (C=O) groups is 1. The Morgan fingerprint density at radius 3 is 2.53 bits per heavy atom. The number of hydrogen-bond acceptors (Lipinski definition) is 8. The summed E-state index contributed by atoms with van der Waals surface area (Å²) in [6.07, 6.45) is 9.69. The molecule has 0 aliphatic carbocycles. The first-order valence-electron chi connectivity index (χ1n) is 10.7. The average molecular weight is 479 g/mol. The van der Waals surface area contributed by atoms with Gasteiger partial charge >= 0.3 is 0 Å². The number of aromatic nitrogens is 5. The third-order valence-corrected chi connectivity index (χ3v) is 6.05. The Morgan fingerprint density at radius 1 is 1.03 bits per heavy atom. The molecule has 0 saturated carbocycles. The van der Waals surface area contributed by atoms with Crippen LogP contribution in [0.25, 0.3) is 22.0 Å². The van der Waals surface area contributed by atoms with E-state index in [1.807, 2.05) is 30.6 Å². The van der Waals surface area contributed by atoms with E-state index >= 15 is 0 Å². The Labute approximate surface area is 195 Å². The highest BCUT2D eigenvalue weighted by atomic mass is 32.2. The van der Waals surface area contributed by atoms with Crippen molar-refractivity contribution in [3.63, 3.8) is 0 Å². The molecular formula is C22H22N8O3S. The normalized spacial score (nSPS) is 13.9. The first kappa shape index (κ1) is 21.8. The van der Waals surface area contributed by atoms with Crippen LogP contribution >= 0.6 is 0 Å². The molecule has 1 saturated heterocycles. The maximum atomic E-state index is 12.9. The highest BCUT2D eigenvalue weighted by molar-refractivity contribution is 7.91. The Bertz CT molecular complexity index is 1460. The van der Waals surface area contributed by atoms with Gasteiger partial charge in [-0.05, 0) is 36.6 Å². The summed E-state index contributed by atoms with van der Waals surface area (Å²) in [6, 6.07) is 7.87. The van der Waals surface area contributed by atoms with Crippen LogP contribution in [0.3, 0.4) is 0 Å². The molecule has 4 heterocycles. The van der Waals surface area contributed by atoms with Gasteiger partial charge in [0, 0.05) is 30.2 Å². The van der Waals surface area contributed by atoms with Crippen molar-refractivity contribution in [3.05, 3.63) is 54.7 Å². The summed E-state index contributed by atoms with van der Waals surface area (Å²) in [5, 5.41) is 10.4. The number of nitrogens with one attached hydrogen (secondary N) is 3. The maximum absolute atomic E-state index is 12.9. The summed E-state index contributed by atoms with van der Waals surface area (Å²) in [5.41, 5.74) is 4.23. The lowest BCUT2D eigenvalue weighted by atomic mass is 10.0. The number of aromatic amines is 1. The molecule has 5 rings (SSSR count). The third-order valence-electron chi connectivity index (χ3n) is 5.49. The van der Waals surface area contributed by atoms with Crippen LogP contribution in [0.5, 0.6) is 0 Å². The fourth-order valence-corrected chi connectivity index (χ4v) is 4.34. The zero-order valence-electron chi connectivity index (χ0n) is 18.3. The average Bonchev–Trinajstić information content (AvgIpc) is 3.49. The van der Waals surface area contributed by atoms with Crippen molar-refractivity contribution in [2.24, 2.45) is 0 Å². The number of hydrogen-bond donors (Lipinski definition) is 3. The van der Waals surface area contributed by atoms with E-state index in [4.69, 9.17) is 0 Å². The second-order valence-electron chi connectivity index (χ2n) is 8.08. The predicted molar refractivity (Wildman–Crippen MR) is 129 cm³/mol. The second kappa shape index (κ2) is 8.71. The van der Waals surface area contributed by atoms with E-state index in [-0.39, 0.29) is 11.6 Å². The lowest BCUT2D eigenvalue weighted by molar-refractivity contribution is 0.102. The number of amides is 1. The molecule has 0 radical (unpaired) electrons. The largest absolute Gasteiger partial charge is 0.370 e. The molecule has 0 bridgehead atoms. The number of sulfonamides is 1. The smallest absolute Gasteiger partial charge is 0.276 e. The van der Waals surface area contributed by atoms with Crippen LogP contribution in [0.15, 0.2) is 49.1 Å². The molecule has 0 unspecified atom stereocenters. The van der Waals surface area contributed by atoms with Gasteiger partial charge in [-0.3, -0.25) is 19.6 Å². The number of carbonyl (C=O) groups excluding carboxylic acids is 1. The summed E-state index contributed by atoms with van der Waals surface area (Å²) in [5.74, 6) is -0.528. The monoisotopic (exact) mass is 478 g/mol. The number of nitrogens with zero attached hydrogens (tertiary/aromatic N) is 5. The fraction of sp³-hybridized carbons (Fsp3) is 0.227. The van der Waals surface area contributed by atoms with Gasteiger partial charge in [-0.2, -0.15) is 5.10 Å². The van der Waals surface area contributed by atoms with Gasteiger partial charge in [0.25, 0.3) is 5.91 Å². The van der Waals surface area contributed by atoms with E-state index in [2.05, 4.69) is 46.2 Å². The van der Waals surface area contributed by atoms with Gasteiger partial charge in [-0.1, -0.05) is 6.07 Å². The Hall–Kier alpha value is -4.06. The van der Waals surface area contributed by atoms with Crippen molar-refractivity contribution < 1.29 is 13.2 Å². The Kier molecular flexibility index (Phi) is 5.57. The zero-order chi connectivity index (χ0) is 23.7. The molecule has 1 amide bonds. The highest BCUT2D eigenvalue weighted by Gasteiger charge is 2.17. The first-order chi connectivity index (χ1) is 16.4. The van der Waals surface area contributed by atoms with E-state index in [1.165, 1.54) is 25.2 Å². The van der Waals surface area contributed by atoms with Crippen LogP contribution in [0, 0.1) is 0 Å². The first-order valence-corrected chi connectivity index (χ1v) is 12.5. The minimum Gasteiger partial charge on any atom is -0.370 e. The summed E-state index contributed by atoms with van der Waals surface area (Å²) in [4.78, 5) is 27.4. The van der Waals surface area contributed by atoms with E-state index < -0.39 is 15.9 Å². The summed E-state index contributed by atoms with van der Waals surface area (Å²) in [6.45, 7) is 2.07.